The third-order valence-electron chi connectivity index (χ3n) is 3.62. The number of nitrogens with zero attached hydrogens (tertiary/aromatic N) is 2. The van der Waals surface area contributed by atoms with Crippen LogP contribution in [0.3, 0.4) is 0 Å². The maximum Gasteiger partial charge on any atom is 0.274 e. The number of para-hydroxylation sites is 1. The summed E-state index contributed by atoms with van der Waals surface area (Å²) in [6, 6.07) is 10.5. The highest BCUT2D eigenvalue weighted by molar-refractivity contribution is 6.04. The summed E-state index contributed by atoms with van der Waals surface area (Å²) in [6.07, 6.45) is 2.09. The number of nitrogens with one attached hydrogen (secondary N) is 1. The molecule has 1 aromatic carbocycles. The Bertz CT molecular complexity index is 854. The van der Waals surface area contributed by atoms with Crippen LogP contribution in [0, 0.1) is 12.7 Å². The molecule has 0 aliphatic carbocycles. The molecule has 0 atom stereocenters. The maximum atomic E-state index is 13.5. The first-order valence-electron chi connectivity index (χ1n) is 7.13. The van der Waals surface area contributed by atoms with Gasteiger partial charge in [-0.2, -0.15) is 0 Å². The number of anilines is 1. The van der Waals surface area contributed by atoms with Crippen molar-refractivity contribution in [3.05, 3.63) is 65.4 Å². The van der Waals surface area contributed by atoms with E-state index in [1.165, 1.54) is 16.7 Å². The van der Waals surface area contributed by atoms with Crippen LogP contribution in [0.15, 0.2) is 42.6 Å². The Morgan fingerprint density at radius 1 is 1.27 bits per heavy atom. The monoisotopic (exact) mass is 297 g/mol. The van der Waals surface area contributed by atoms with Crippen molar-refractivity contribution < 1.29 is 9.18 Å². The molecule has 3 aromatic rings. The third kappa shape index (κ3) is 2.45. The number of aryl methyl sites for hydroxylation is 2. The molecule has 0 unspecified atom stereocenters. The van der Waals surface area contributed by atoms with Crippen molar-refractivity contribution in [2.45, 2.75) is 20.3 Å². The van der Waals surface area contributed by atoms with Crippen LogP contribution in [0.5, 0.6) is 0 Å². The van der Waals surface area contributed by atoms with Gasteiger partial charge in [-0.25, -0.2) is 9.37 Å². The lowest BCUT2D eigenvalue weighted by molar-refractivity contribution is 0.102. The summed E-state index contributed by atoms with van der Waals surface area (Å²) < 4.78 is 14.9. The van der Waals surface area contributed by atoms with Gasteiger partial charge >= 0.3 is 0 Å². The molecule has 5 heteroatoms. The second-order valence-electron chi connectivity index (χ2n) is 5.09. The standard InChI is InChI=1S/C17H16FN3O/c1-3-12-6-4-5-7-14(12)20-17(22)16-11(2)19-15-9-8-13(18)10-21(15)16/h4-10H,3H2,1-2H3,(H,20,22). The summed E-state index contributed by atoms with van der Waals surface area (Å²) in [7, 11) is 0. The molecule has 22 heavy (non-hydrogen) atoms. The second kappa shape index (κ2) is 5.60. The minimum absolute atomic E-state index is 0.295. The number of carbonyl (C=O) groups excluding carboxylic acids is 1. The largest absolute Gasteiger partial charge is 0.320 e. The van der Waals surface area contributed by atoms with Gasteiger partial charge in [0.05, 0.1) is 5.69 Å². The number of amides is 1. The highest BCUT2D eigenvalue weighted by atomic mass is 19.1. The van der Waals surface area contributed by atoms with Crippen molar-refractivity contribution in [3.63, 3.8) is 0 Å². The number of pyridine rings is 1. The number of fused-ring (bicyclic) bond motifs is 1. The van der Waals surface area contributed by atoms with Crippen LogP contribution < -0.4 is 5.32 Å². The van der Waals surface area contributed by atoms with Crippen molar-refractivity contribution in [3.8, 4) is 0 Å². The SMILES string of the molecule is CCc1ccccc1NC(=O)c1c(C)nc2ccc(F)cn12. The van der Waals surface area contributed by atoms with Gasteiger partial charge in [-0.15, -0.1) is 0 Å². The van der Waals surface area contributed by atoms with Crippen LogP contribution in [0.4, 0.5) is 10.1 Å². The summed E-state index contributed by atoms with van der Waals surface area (Å²) in [5, 5.41) is 2.89. The number of imidazole rings is 1. The average molecular weight is 297 g/mol. The third-order valence-corrected chi connectivity index (χ3v) is 3.62. The van der Waals surface area contributed by atoms with E-state index in [1.54, 1.807) is 13.0 Å². The molecule has 3 rings (SSSR count). The minimum Gasteiger partial charge on any atom is -0.320 e. The van der Waals surface area contributed by atoms with Crippen molar-refractivity contribution in [1.82, 2.24) is 9.38 Å². The molecule has 0 aliphatic heterocycles. The molecule has 1 amide bonds. The topological polar surface area (TPSA) is 46.4 Å². The van der Waals surface area contributed by atoms with E-state index in [0.717, 1.165) is 17.7 Å². The van der Waals surface area contributed by atoms with E-state index in [2.05, 4.69) is 10.3 Å². The van der Waals surface area contributed by atoms with Gasteiger partial charge in [-0.3, -0.25) is 9.20 Å². The van der Waals surface area contributed by atoms with Gasteiger partial charge in [0.15, 0.2) is 0 Å². The van der Waals surface area contributed by atoms with Crippen LogP contribution in [-0.2, 0) is 6.42 Å². The zero-order valence-corrected chi connectivity index (χ0v) is 12.4. The number of carbonyl (C=O) groups is 1. The molecule has 2 aromatic heterocycles. The fourth-order valence-electron chi connectivity index (χ4n) is 2.54. The zero-order valence-electron chi connectivity index (χ0n) is 12.4. The van der Waals surface area contributed by atoms with Crippen LogP contribution in [0.2, 0.25) is 0 Å². The molecule has 4 nitrogen and oxygen atoms in total. The molecule has 0 radical (unpaired) electrons. The summed E-state index contributed by atoms with van der Waals surface area (Å²) in [4.78, 5) is 16.9. The quantitative estimate of drug-likeness (QED) is 0.803. The van der Waals surface area contributed by atoms with Crippen molar-refractivity contribution in [2.75, 3.05) is 5.32 Å². The van der Waals surface area contributed by atoms with Crippen LogP contribution >= 0.6 is 0 Å². The highest BCUT2D eigenvalue weighted by Gasteiger charge is 2.17. The Morgan fingerprint density at radius 3 is 2.82 bits per heavy atom. The Balaban J connectivity index is 2.02. The van der Waals surface area contributed by atoms with E-state index in [0.29, 0.717) is 17.0 Å². The molecular formula is C17H16FN3O. The molecule has 2 heterocycles. The lowest BCUT2D eigenvalue weighted by Crippen LogP contribution is -2.16. The molecule has 0 aliphatic rings. The van der Waals surface area contributed by atoms with Gasteiger partial charge in [-0.05, 0) is 37.1 Å². The maximum absolute atomic E-state index is 13.5. The second-order valence-corrected chi connectivity index (χ2v) is 5.09. The van der Waals surface area contributed by atoms with Crippen molar-refractivity contribution in [2.24, 2.45) is 0 Å². The first kappa shape index (κ1) is 14.3. The molecule has 0 fully saturated rings. The van der Waals surface area contributed by atoms with Gasteiger partial charge in [-0.1, -0.05) is 25.1 Å². The summed E-state index contributed by atoms with van der Waals surface area (Å²) in [5.74, 6) is -0.704. The van der Waals surface area contributed by atoms with Crippen molar-refractivity contribution in [1.29, 1.82) is 0 Å². The van der Waals surface area contributed by atoms with Crippen LogP contribution in [-0.4, -0.2) is 15.3 Å². The Hall–Kier alpha value is -2.69. The number of rotatable bonds is 3. The molecule has 0 saturated carbocycles. The Labute approximate surface area is 127 Å². The lowest BCUT2D eigenvalue weighted by atomic mass is 10.1. The molecule has 0 bridgehead atoms. The Kier molecular flexibility index (Phi) is 3.63. The number of hydrogen-bond acceptors (Lipinski definition) is 2. The summed E-state index contributed by atoms with van der Waals surface area (Å²) in [5.41, 5.74) is 3.28. The predicted octanol–water partition coefficient (Wildman–Crippen LogP) is 3.60. The smallest absolute Gasteiger partial charge is 0.274 e. The lowest BCUT2D eigenvalue weighted by Gasteiger charge is -2.10. The van der Waals surface area contributed by atoms with Gasteiger partial charge in [0.1, 0.15) is 17.2 Å². The van der Waals surface area contributed by atoms with Crippen LogP contribution in [0.25, 0.3) is 5.65 Å². The number of aromatic nitrogens is 2. The van der Waals surface area contributed by atoms with E-state index in [9.17, 15) is 9.18 Å². The number of halogens is 1. The molecule has 0 spiro atoms. The van der Waals surface area contributed by atoms with E-state index in [4.69, 9.17) is 0 Å². The highest BCUT2D eigenvalue weighted by Crippen LogP contribution is 2.19. The van der Waals surface area contributed by atoms with Gasteiger partial charge < -0.3 is 5.32 Å². The Morgan fingerprint density at radius 2 is 2.05 bits per heavy atom. The van der Waals surface area contributed by atoms with E-state index in [-0.39, 0.29) is 5.91 Å². The molecule has 0 saturated heterocycles. The number of hydrogen-bond donors (Lipinski definition) is 1. The summed E-state index contributed by atoms with van der Waals surface area (Å²) in [6.45, 7) is 3.77. The predicted molar refractivity (Wildman–Crippen MR) is 83.7 cm³/mol. The van der Waals surface area contributed by atoms with Gasteiger partial charge in [0.25, 0.3) is 5.91 Å². The van der Waals surface area contributed by atoms with Crippen molar-refractivity contribution >= 4 is 17.2 Å². The summed E-state index contributed by atoms with van der Waals surface area (Å²) >= 11 is 0. The first-order valence-corrected chi connectivity index (χ1v) is 7.13. The molecular weight excluding hydrogens is 281 g/mol. The normalized spacial score (nSPS) is 10.9. The van der Waals surface area contributed by atoms with Crippen LogP contribution in [0.1, 0.15) is 28.7 Å². The zero-order chi connectivity index (χ0) is 15.7. The molecule has 1 N–H and O–H groups in total. The molecule has 112 valence electrons. The van der Waals surface area contributed by atoms with Gasteiger partial charge in [0, 0.05) is 11.9 Å². The first-order chi connectivity index (χ1) is 10.6. The fraction of sp³-hybridized carbons (Fsp3) is 0.176. The van der Waals surface area contributed by atoms with E-state index >= 15 is 0 Å². The van der Waals surface area contributed by atoms with E-state index in [1.807, 2.05) is 31.2 Å². The minimum atomic E-state index is -0.409. The average Bonchev–Trinajstić information content (AvgIpc) is 2.83. The number of benzene rings is 1. The van der Waals surface area contributed by atoms with E-state index < -0.39 is 5.82 Å². The van der Waals surface area contributed by atoms with Gasteiger partial charge in [0.2, 0.25) is 0 Å². The fourth-order valence-corrected chi connectivity index (χ4v) is 2.54.